The van der Waals surface area contributed by atoms with Crippen molar-refractivity contribution in [1.29, 1.82) is 0 Å². The van der Waals surface area contributed by atoms with Crippen molar-refractivity contribution >= 4 is 11.5 Å². The van der Waals surface area contributed by atoms with Gasteiger partial charge in [0.25, 0.3) is 0 Å². The first-order valence-corrected chi connectivity index (χ1v) is 11.4. The Balaban J connectivity index is 1.47. The van der Waals surface area contributed by atoms with E-state index >= 15 is 0 Å². The summed E-state index contributed by atoms with van der Waals surface area (Å²) in [7, 11) is 1.82. The molecule has 3 aliphatic rings. The third-order valence-electron chi connectivity index (χ3n) is 7.32. The van der Waals surface area contributed by atoms with Crippen molar-refractivity contribution in [2.75, 3.05) is 36.9 Å². The van der Waals surface area contributed by atoms with Gasteiger partial charge >= 0.3 is 6.01 Å². The molecule has 2 aromatic heterocycles. The standard InChI is InChI=1S/C25H27FN6O/c1-14-4-5-16(11-29-14)33-24-30-20-10-17-18(8-15(26)9-19(17)27-3)22(20)23(31-24)32-12-21-25(2,13-32)6-7-28-21/h4-5,8-9,11,21,27-28H,6-7,10,12-13H2,1-3H3. The van der Waals surface area contributed by atoms with Crippen molar-refractivity contribution in [2.45, 2.75) is 32.7 Å². The van der Waals surface area contributed by atoms with Gasteiger partial charge in [-0.05, 0) is 55.3 Å². The van der Waals surface area contributed by atoms with Gasteiger partial charge in [-0.1, -0.05) is 6.92 Å². The molecule has 2 atom stereocenters. The van der Waals surface area contributed by atoms with Crippen LogP contribution in [0.4, 0.5) is 15.9 Å². The average Bonchev–Trinajstić information content (AvgIpc) is 3.43. The lowest BCUT2D eigenvalue weighted by molar-refractivity contribution is 0.356. The first-order valence-electron chi connectivity index (χ1n) is 11.4. The predicted octanol–water partition coefficient (Wildman–Crippen LogP) is 3.91. The van der Waals surface area contributed by atoms with Crippen LogP contribution in [0.1, 0.15) is 30.3 Å². The number of benzene rings is 1. The molecular weight excluding hydrogens is 419 g/mol. The first-order chi connectivity index (χ1) is 15.9. The fourth-order valence-electron chi connectivity index (χ4n) is 5.52. The van der Waals surface area contributed by atoms with Crippen LogP contribution in [0, 0.1) is 18.2 Å². The Morgan fingerprint density at radius 2 is 2.15 bits per heavy atom. The second-order valence-electron chi connectivity index (χ2n) is 9.59. The van der Waals surface area contributed by atoms with E-state index in [1.54, 1.807) is 18.3 Å². The summed E-state index contributed by atoms with van der Waals surface area (Å²) < 4.78 is 20.6. The van der Waals surface area contributed by atoms with Crippen molar-refractivity contribution in [3.05, 3.63) is 53.2 Å². The SMILES string of the molecule is CNc1cc(F)cc2c1Cc1nc(Oc3ccc(C)nc3)nc(N3CC4NCCC4(C)C3)c1-2. The molecule has 2 aliphatic heterocycles. The van der Waals surface area contributed by atoms with Gasteiger partial charge in [0, 0.05) is 55.0 Å². The molecule has 0 spiro atoms. The fourth-order valence-corrected chi connectivity index (χ4v) is 5.52. The van der Waals surface area contributed by atoms with E-state index in [0.717, 1.165) is 65.6 Å². The molecule has 2 N–H and O–H groups in total. The van der Waals surface area contributed by atoms with E-state index in [-0.39, 0.29) is 11.2 Å². The van der Waals surface area contributed by atoms with Crippen LogP contribution in [-0.4, -0.2) is 47.7 Å². The second kappa shape index (κ2) is 7.38. The minimum Gasteiger partial charge on any atom is -0.423 e. The summed E-state index contributed by atoms with van der Waals surface area (Å²) in [4.78, 5) is 16.3. The lowest BCUT2D eigenvalue weighted by Crippen LogP contribution is -2.33. The summed E-state index contributed by atoms with van der Waals surface area (Å²) in [5.41, 5.74) is 5.58. The minimum absolute atomic E-state index is 0.194. The molecule has 2 unspecified atom stereocenters. The number of ether oxygens (including phenoxy) is 1. The summed E-state index contributed by atoms with van der Waals surface area (Å²) in [5.74, 6) is 1.14. The van der Waals surface area contributed by atoms with E-state index in [4.69, 9.17) is 14.7 Å². The van der Waals surface area contributed by atoms with Crippen molar-refractivity contribution in [3.63, 3.8) is 0 Å². The summed E-state index contributed by atoms with van der Waals surface area (Å²) in [6, 6.07) is 7.62. The van der Waals surface area contributed by atoms with E-state index in [2.05, 4.69) is 27.4 Å². The van der Waals surface area contributed by atoms with E-state index in [1.807, 2.05) is 26.1 Å². The van der Waals surface area contributed by atoms with Crippen molar-refractivity contribution in [1.82, 2.24) is 20.3 Å². The van der Waals surface area contributed by atoms with E-state index in [9.17, 15) is 4.39 Å². The summed E-state index contributed by atoms with van der Waals surface area (Å²) in [6.45, 7) is 7.06. The number of nitrogens with one attached hydrogen (secondary N) is 2. The van der Waals surface area contributed by atoms with E-state index < -0.39 is 0 Å². The Morgan fingerprint density at radius 1 is 1.27 bits per heavy atom. The summed E-state index contributed by atoms with van der Waals surface area (Å²) in [5, 5.41) is 6.78. The zero-order chi connectivity index (χ0) is 22.7. The van der Waals surface area contributed by atoms with Gasteiger partial charge in [-0.25, -0.2) is 4.39 Å². The second-order valence-corrected chi connectivity index (χ2v) is 9.59. The lowest BCUT2D eigenvalue weighted by Gasteiger charge is -2.24. The summed E-state index contributed by atoms with van der Waals surface area (Å²) in [6.07, 6.45) is 3.42. The maximum atomic E-state index is 14.5. The van der Waals surface area contributed by atoms with Gasteiger partial charge in [0.15, 0.2) is 0 Å². The van der Waals surface area contributed by atoms with Gasteiger partial charge < -0.3 is 20.3 Å². The van der Waals surface area contributed by atoms with E-state index in [0.29, 0.717) is 24.2 Å². The van der Waals surface area contributed by atoms with Crippen LogP contribution in [0.5, 0.6) is 11.8 Å². The Bertz CT molecular complexity index is 1250. The molecule has 2 saturated heterocycles. The Hall–Kier alpha value is -3.26. The highest BCUT2D eigenvalue weighted by Gasteiger charge is 2.47. The Morgan fingerprint density at radius 3 is 2.91 bits per heavy atom. The van der Waals surface area contributed by atoms with Crippen LogP contribution in [0.25, 0.3) is 11.1 Å². The first kappa shape index (κ1) is 20.4. The van der Waals surface area contributed by atoms with Crippen LogP contribution < -0.4 is 20.3 Å². The lowest BCUT2D eigenvalue weighted by atomic mass is 9.86. The van der Waals surface area contributed by atoms with Crippen molar-refractivity contribution in [2.24, 2.45) is 5.41 Å². The maximum absolute atomic E-state index is 14.5. The molecule has 6 rings (SSSR count). The van der Waals surface area contributed by atoms with Crippen LogP contribution >= 0.6 is 0 Å². The Labute approximate surface area is 192 Å². The van der Waals surface area contributed by atoms with Crippen molar-refractivity contribution in [3.8, 4) is 22.9 Å². The molecule has 0 saturated carbocycles. The number of nitrogens with zero attached hydrogens (tertiary/aromatic N) is 4. The highest BCUT2D eigenvalue weighted by atomic mass is 19.1. The number of aryl methyl sites for hydroxylation is 1. The number of rotatable bonds is 4. The zero-order valence-electron chi connectivity index (χ0n) is 19.1. The van der Waals surface area contributed by atoms with E-state index in [1.165, 1.54) is 0 Å². The highest BCUT2D eigenvalue weighted by molar-refractivity contribution is 5.88. The molecule has 0 bridgehead atoms. The molecule has 8 heteroatoms. The molecule has 3 aromatic rings. The number of aromatic nitrogens is 3. The number of pyridine rings is 1. The number of anilines is 2. The molecule has 1 aliphatic carbocycles. The fraction of sp³-hybridized carbons (Fsp3) is 0.400. The highest BCUT2D eigenvalue weighted by Crippen LogP contribution is 2.48. The van der Waals surface area contributed by atoms with Gasteiger partial charge in [-0.2, -0.15) is 9.97 Å². The van der Waals surface area contributed by atoms with Gasteiger partial charge in [0.05, 0.1) is 11.9 Å². The number of hydrogen-bond donors (Lipinski definition) is 2. The van der Waals surface area contributed by atoms with Gasteiger partial charge in [-0.15, -0.1) is 0 Å². The Kier molecular flexibility index (Phi) is 4.55. The molecule has 4 heterocycles. The molecule has 0 radical (unpaired) electrons. The largest absolute Gasteiger partial charge is 0.423 e. The van der Waals surface area contributed by atoms with Crippen LogP contribution in [0.2, 0.25) is 0 Å². The van der Waals surface area contributed by atoms with Crippen LogP contribution in [-0.2, 0) is 6.42 Å². The monoisotopic (exact) mass is 446 g/mol. The number of halogens is 1. The zero-order valence-corrected chi connectivity index (χ0v) is 19.1. The predicted molar refractivity (Wildman–Crippen MR) is 126 cm³/mol. The third kappa shape index (κ3) is 3.31. The number of fused-ring (bicyclic) bond motifs is 4. The normalized spacial score (nSPS) is 22.8. The molecule has 1 aromatic carbocycles. The third-order valence-corrected chi connectivity index (χ3v) is 7.32. The topological polar surface area (TPSA) is 75.2 Å². The number of hydrogen-bond acceptors (Lipinski definition) is 7. The molecule has 2 fully saturated rings. The van der Waals surface area contributed by atoms with Gasteiger partial charge in [0.2, 0.25) is 0 Å². The molecular formula is C25H27FN6O. The van der Waals surface area contributed by atoms with Crippen LogP contribution in [0.15, 0.2) is 30.5 Å². The molecule has 170 valence electrons. The van der Waals surface area contributed by atoms with Gasteiger partial charge in [0.1, 0.15) is 17.4 Å². The van der Waals surface area contributed by atoms with Gasteiger partial charge in [-0.3, -0.25) is 4.98 Å². The molecule has 7 nitrogen and oxygen atoms in total. The van der Waals surface area contributed by atoms with Crippen molar-refractivity contribution < 1.29 is 9.13 Å². The smallest absolute Gasteiger partial charge is 0.324 e. The molecule has 33 heavy (non-hydrogen) atoms. The minimum atomic E-state index is -0.269. The maximum Gasteiger partial charge on any atom is 0.324 e. The quantitative estimate of drug-likeness (QED) is 0.492. The molecule has 0 amide bonds. The van der Waals surface area contributed by atoms with Crippen LogP contribution in [0.3, 0.4) is 0 Å². The summed E-state index contributed by atoms with van der Waals surface area (Å²) >= 11 is 0. The average molecular weight is 447 g/mol.